The van der Waals surface area contributed by atoms with Crippen LogP contribution in [0.4, 0.5) is 10.6 Å². The number of piperazine rings is 1. The smallest absolute Gasteiger partial charge is 0.410 e. The number of pyridine rings is 1. The molecule has 262 valence electrons. The fraction of sp³-hybridized carbons (Fsp3) is 0.649. The van der Waals surface area contributed by atoms with E-state index < -0.39 is 13.7 Å². The van der Waals surface area contributed by atoms with E-state index in [1.165, 1.54) is 0 Å². The SMILES string of the molecule is CC(C)(C)OC(=O)N1CCN(CC2CCN(c3cc(-c4nn(COCC[Si](C)(C)C)c5ccc(OC6(C)CC6)cc45)ccn3)CC2)CC1. The number of hydrogen-bond acceptors (Lipinski definition) is 8. The van der Waals surface area contributed by atoms with Gasteiger partial charge in [0.1, 0.15) is 35.2 Å². The molecule has 3 aromatic rings. The maximum absolute atomic E-state index is 12.5. The van der Waals surface area contributed by atoms with Crippen molar-refractivity contribution in [2.45, 2.75) is 97.0 Å². The first-order valence-corrected chi connectivity index (χ1v) is 21.6. The predicted molar refractivity (Wildman–Crippen MR) is 195 cm³/mol. The minimum atomic E-state index is -1.18. The topological polar surface area (TPSA) is 85.2 Å². The molecule has 1 aliphatic carbocycles. The van der Waals surface area contributed by atoms with Gasteiger partial charge in [0.15, 0.2) is 0 Å². The molecular weight excluding hydrogens is 621 g/mol. The maximum Gasteiger partial charge on any atom is 0.410 e. The normalized spacial score (nSPS) is 19.1. The van der Waals surface area contributed by atoms with Gasteiger partial charge >= 0.3 is 6.09 Å². The molecule has 3 fully saturated rings. The fourth-order valence-electron chi connectivity index (χ4n) is 6.51. The Labute approximate surface area is 287 Å². The molecule has 2 aromatic heterocycles. The number of carbonyl (C=O) groups excluding carboxylic acids is 1. The summed E-state index contributed by atoms with van der Waals surface area (Å²) in [6, 6.07) is 11.7. The van der Waals surface area contributed by atoms with Crippen molar-refractivity contribution < 1.29 is 19.0 Å². The zero-order valence-corrected chi connectivity index (χ0v) is 31.3. The average Bonchev–Trinajstić information content (AvgIpc) is 3.65. The number of benzene rings is 1. The minimum Gasteiger partial charge on any atom is -0.488 e. The van der Waals surface area contributed by atoms with E-state index in [-0.39, 0.29) is 11.7 Å². The summed E-state index contributed by atoms with van der Waals surface area (Å²) < 4.78 is 20.1. The van der Waals surface area contributed by atoms with Crippen molar-refractivity contribution >= 4 is 30.9 Å². The van der Waals surface area contributed by atoms with E-state index in [4.69, 9.17) is 24.3 Å². The Morgan fingerprint density at radius 1 is 1.00 bits per heavy atom. The molecule has 2 saturated heterocycles. The van der Waals surface area contributed by atoms with Gasteiger partial charge in [-0.05, 0) is 95.7 Å². The molecule has 0 N–H and O–H groups in total. The molecule has 4 heterocycles. The standard InChI is InChI=1S/C37H56N6O4Si/c1-36(2,3)47-35(44)42-20-18-40(19-21-42)26-28-11-16-41(17-12-28)33-24-29(10-15-38-33)34-31-25-30(46-37(4)13-14-37)8-9-32(31)43(39-34)27-45-22-23-48(5,6)7/h8-10,15,24-25,28H,11-14,16-23,26-27H2,1-7H3. The lowest BCUT2D eigenvalue weighted by molar-refractivity contribution is 0.0130. The van der Waals surface area contributed by atoms with Crippen molar-refractivity contribution in [2.75, 3.05) is 57.3 Å². The Kier molecular flexibility index (Phi) is 10.1. The van der Waals surface area contributed by atoms with Crippen molar-refractivity contribution in [3.05, 3.63) is 36.5 Å². The van der Waals surface area contributed by atoms with Crippen LogP contribution >= 0.6 is 0 Å². The van der Waals surface area contributed by atoms with Crippen LogP contribution in [0.5, 0.6) is 5.75 Å². The Morgan fingerprint density at radius 3 is 2.40 bits per heavy atom. The van der Waals surface area contributed by atoms with Crippen LogP contribution in [0, 0.1) is 5.92 Å². The lowest BCUT2D eigenvalue weighted by Crippen LogP contribution is -2.51. The maximum atomic E-state index is 12.5. The molecule has 10 nitrogen and oxygen atoms in total. The van der Waals surface area contributed by atoms with Crippen LogP contribution in [-0.2, 0) is 16.2 Å². The minimum absolute atomic E-state index is 0.0474. The van der Waals surface area contributed by atoms with Crippen LogP contribution in [0.1, 0.15) is 53.4 Å². The highest BCUT2D eigenvalue weighted by Gasteiger charge is 2.40. The quantitative estimate of drug-likeness (QED) is 0.157. The lowest BCUT2D eigenvalue weighted by atomic mass is 9.95. The number of aromatic nitrogens is 3. The second kappa shape index (κ2) is 14.0. The average molecular weight is 677 g/mol. The Hall–Kier alpha value is -3.15. The summed E-state index contributed by atoms with van der Waals surface area (Å²) in [5.74, 6) is 2.54. The molecule has 0 atom stereocenters. The molecule has 48 heavy (non-hydrogen) atoms. The molecule has 0 radical (unpaired) electrons. The zero-order valence-electron chi connectivity index (χ0n) is 30.3. The molecular formula is C37H56N6O4Si. The molecule has 0 unspecified atom stereocenters. The van der Waals surface area contributed by atoms with E-state index in [0.717, 1.165) is 118 Å². The van der Waals surface area contributed by atoms with Crippen molar-refractivity contribution in [3.8, 4) is 17.0 Å². The summed E-state index contributed by atoms with van der Waals surface area (Å²) in [4.78, 5) is 24.1. The van der Waals surface area contributed by atoms with Gasteiger partial charge in [0.2, 0.25) is 0 Å². The molecule has 1 amide bonds. The number of piperidine rings is 1. The molecule has 2 aliphatic heterocycles. The van der Waals surface area contributed by atoms with E-state index in [0.29, 0.717) is 12.6 Å². The Bertz CT molecular complexity index is 1560. The summed E-state index contributed by atoms with van der Waals surface area (Å²) in [5, 5.41) is 6.18. The van der Waals surface area contributed by atoms with E-state index in [1.807, 2.05) is 36.5 Å². The molecule has 11 heteroatoms. The first-order chi connectivity index (χ1) is 22.7. The number of carbonyl (C=O) groups is 1. The summed E-state index contributed by atoms with van der Waals surface area (Å²) in [5.41, 5.74) is 2.55. The summed E-state index contributed by atoms with van der Waals surface area (Å²) in [6.45, 7) is 22.6. The number of fused-ring (bicyclic) bond motifs is 1. The van der Waals surface area contributed by atoms with E-state index >= 15 is 0 Å². The molecule has 6 rings (SSSR count). The van der Waals surface area contributed by atoms with E-state index in [2.05, 4.69) is 66.7 Å². The third kappa shape index (κ3) is 9.09. The van der Waals surface area contributed by atoms with Crippen molar-refractivity contribution in [3.63, 3.8) is 0 Å². The van der Waals surface area contributed by atoms with Crippen LogP contribution in [0.25, 0.3) is 22.2 Å². The van der Waals surface area contributed by atoms with Crippen LogP contribution in [-0.4, -0.2) is 102 Å². The van der Waals surface area contributed by atoms with Gasteiger partial charge < -0.3 is 24.0 Å². The Balaban J connectivity index is 1.10. The summed E-state index contributed by atoms with van der Waals surface area (Å²) in [6.07, 6.45) is 6.17. The summed E-state index contributed by atoms with van der Waals surface area (Å²) >= 11 is 0. The molecule has 0 spiro atoms. The van der Waals surface area contributed by atoms with Gasteiger partial charge in [-0.25, -0.2) is 14.5 Å². The monoisotopic (exact) mass is 676 g/mol. The van der Waals surface area contributed by atoms with Crippen LogP contribution in [0.2, 0.25) is 25.7 Å². The van der Waals surface area contributed by atoms with Crippen LogP contribution in [0.15, 0.2) is 36.5 Å². The largest absolute Gasteiger partial charge is 0.488 e. The third-order valence-electron chi connectivity index (χ3n) is 9.75. The first kappa shape index (κ1) is 34.7. The lowest BCUT2D eigenvalue weighted by Gasteiger charge is -2.39. The number of nitrogens with zero attached hydrogens (tertiary/aromatic N) is 6. The fourth-order valence-corrected chi connectivity index (χ4v) is 7.27. The van der Waals surface area contributed by atoms with Crippen molar-refractivity contribution in [1.82, 2.24) is 24.6 Å². The zero-order chi connectivity index (χ0) is 34.1. The molecule has 1 aromatic carbocycles. The highest BCUT2D eigenvalue weighted by atomic mass is 28.3. The highest BCUT2D eigenvalue weighted by Crippen LogP contribution is 2.41. The van der Waals surface area contributed by atoms with Gasteiger partial charge in [-0.3, -0.25) is 4.90 Å². The number of ether oxygens (including phenoxy) is 3. The van der Waals surface area contributed by atoms with Crippen molar-refractivity contribution in [1.29, 1.82) is 0 Å². The summed E-state index contributed by atoms with van der Waals surface area (Å²) in [7, 11) is -1.18. The number of amides is 1. The number of rotatable bonds is 11. The van der Waals surface area contributed by atoms with Gasteiger partial charge in [-0.15, -0.1) is 0 Å². The van der Waals surface area contributed by atoms with Crippen LogP contribution in [0.3, 0.4) is 0 Å². The molecule has 1 saturated carbocycles. The first-order valence-electron chi connectivity index (χ1n) is 17.9. The number of anilines is 1. The van der Waals surface area contributed by atoms with Gasteiger partial charge in [0.05, 0.1) is 5.52 Å². The van der Waals surface area contributed by atoms with Gasteiger partial charge in [0.25, 0.3) is 0 Å². The predicted octanol–water partition coefficient (Wildman–Crippen LogP) is 7.11. The second-order valence-electron chi connectivity index (χ2n) is 16.5. The third-order valence-corrected chi connectivity index (χ3v) is 11.5. The van der Waals surface area contributed by atoms with Crippen molar-refractivity contribution in [2.24, 2.45) is 5.92 Å². The van der Waals surface area contributed by atoms with Gasteiger partial charge in [0, 0.05) is 77.6 Å². The van der Waals surface area contributed by atoms with E-state index in [1.54, 1.807) is 0 Å². The molecule has 3 aliphatic rings. The van der Waals surface area contributed by atoms with Crippen LogP contribution < -0.4 is 9.64 Å². The second-order valence-corrected chi connectivity index (χ2v) is 22.1. The van der Waals surface area contributed by atoms with E-state index in [9.17, 15) is 4.79 Å². The molecule has 0 bridgehead atoms. The highest BCUT2D eigenvalue weighted by molar-refractivity contribution is 6.76. The van der Waals surface area contributed by atoms with Gasteiger partial charge in [-0.2, -0.15) is 5.10 Å². The Morgan fingerprint density at radius 2 is 1.73 bits per heavy atom. The number of hydrogen-bond donors (Lipinski definition) is 0. The van der Waals surface area contributed by atoms with Gasteiger partial charge in [-0.1, -0.05) is 19.6 Å².